The van der Waals surface area contributed by atoms with Gasteiger partial charge in [0, 0.05) is 11.6 Å². The molecule has 0 radical (unpaired) electrons. The first kappa shape index (κ1) is 15.0. The lowest BCUT2D eigenvalue weighted by Gasteiger charge is -2.11. The summed E-state index contributed by atoms with van der Waals surface area (Å²) >= 11 is 0. The Morgan fingerprint density at radius 2 is 1.91 bits per heavy atom. The van der Waals surface area contributed by atoms with Crippen molar-refractivity contribution in [3.05, 3.63) is 66.4 Å². The molecule has 4 heteroatoms. The third-order valence-electron chi connectivity index (χ3n) is 3.62. The first-order valence-electron chi connectivity index (χ1n) is 7.62. The van der Waals surface area contributed by atoms with Crippen molar-refractivity contribution < 1.29 is 9.53 Å². The zero-order valence-electron chi connectivity index (χ0n) is 13.0. The number of anilines is 1. The van der Waals surface area contributed by atoms with Crippen LogP contribution in [0.1, 0.15) is 12.5 Å². The van der Waals surface area contributed by atoms with E-state index in [-0.39, 0.29) is 12.5 Å². The van der Waals surface area contributed by atoms with E-state index in [0.29, 0.717) is 5.69 Å². The van der Waals surface area contributed by atoms with Gasteiger partial charge in [-0.25, -0.2) is 0 Å². The van der Waals surface area contributed by atoms with E-state index in [9.17, 15) is 4.79 Å². The third-order valence-corrected chi connectivity index (χ3v) is 3.62. The van der Waals surface area contributed by atoms with Gasteiger partial charge < -0.3 is 10.1 Å². The molecule has 23 heavy (non-hydrogen) atoms. The second-order valence-corrected chi connectivity index (χ2v) is 5.18. The lowest BCUT2D eigenvalue weighted by atomic mass is 10.1. The fourth-order valence-corrected chi connectivity index (χ4v) is 2.47. The van der Waals surface area contributed by atoms with Crippen molar-refractivity contribution in [1.29, 1.82) is 0 Å². The molecular weight excluding hydrogens is 288 g/mol. The topological polar surface area (TPSA) is 51.2 Å². The number of aromatic nitrogens is 1. The molecule has 0 spiro atoms. The number of carbonyl (C=O) groups excluding carboxylic acids is 1. The highest BCUT2D eigenvalue weighted by atomic mass is 16.5. The van der Waals surface area contributed by atoms with Crippen molar-refractivity contribution in [2.45, 2.75) is 13.3 Å². The largest absolute Gasteiger partial charge is 0.483 e. The number of para-hydroxylation sites is 2. The number of aryl methyl sites for hydroxylation is 1. The molecule has 0 aliphatic carbocycles. The van der Waals surface area contributed by atoms with Crippen LogP contribution in [0.3, 0.4) is 0 Å². The van der Waals surface area contributed by atoms with Crippen molar-refractivity contribution in [2.75, 3.05) is 11.9 Å². The van der Waals surface area contributed by atoms with E-state index in [2.05, 4.69) is 17.2 Å². The summed E-state index contributed by atoms with van der Waals surface area (Å²) in [5.74, 6) is 0.551. The predicted molar refractivity (Wildman–Crippen MR) is 91.7 cm³/mol. The highest BCUT2D eigenvalue weighted by molar-refractivity contribution is 6.00. The van der Waals surface area contributed by atoms with E-state index in [1.165, 1.54) is 0 Å². The molecule has 1 heterocycles. The van der Waals surface area contributed by atoms with Gasteiger partial charge in [-0.05, 0) is 30.2 Å². The van der Waals surface area contributed by atoms with Gasteiger partial charge in [-0.1, -0.05) is 43.3 Å². The average Bonchev–Trinajstić information content (AvgIpc) is 2.60. The van der Waals surface area contributed by atoms with Crippen LogP contribution < -0.4 is 10.1 Å². The van der Waals surface area contributed by atoms with Gasteiger partial charge in [-0.3, -0.25) is 9.78 Å². The van der Waals surface area contributed by atoms with E-state index in [4.69, 9.17) is 4.74 Å². The van der Waals surface area contributed by atoms with Gasteiger partial charge in [-0.15, -0.1) is 0 Å². The standard InChI is InChI=1S/C19H18N2O2/c1-2-14-7-3-4-11-17(14)23-13-18(22)21-16-10-5-8-15-9-6-12-20-19(15)16/h3-12H,2,13H2,1H3,(H,21,22). The summed E-state index contributed by atoms with van der Waals surface area (Å²) in [6, 6.07) is 17.3. The normalized spacial score (nSPS) is 10.5. The second kappa shape index (κ2) is 6.92. The van der Waals surface area contributed by atoms with Crippen LogP contribution in [-0.4, -0.2) is 17.5 Å². The smallest absolute Gasteiger partial charge is 0.262 e. The van der Waals surface area contributed by atoms with Gasteiger partial charge in [0.05, 0.1) is 11.2 Å². The molecule has 116 valence electrons. The van der Waals surface area contributed by atoms with Crippen molar-refractivity contribution >= 4 is 22.5 Å². The molecule has 3 rings (SSSR count). The van der Waals surface area contributed by atoms with Gasteiger partial charge in [0.15, 0.2) is 6.61 Å². The molecule has 4 nitrogen and oxygen atoms in total. The Kier molecular flexibility index (Phi) is 4.52. The van der Waals surface area contributed by atoms with Crippen molar-refractivity contribution in [3.8, 4) is 5.75 Å². The molecule has 1 amide bonds. The van der Waals surface area contributed by atoms with Crippen LogP contribution in [0.4, 0.5) is 5.69 Å². The Labute approximate surface area is 135 Å². The molecule has 2 aromatic carbocycles. The number of carbonyl (C=O) groups is 1. The summed E-state index contributed by atoms with van der Waals surface area (Å²) in [6.07, 6.45) is 2.58. The Hall–Kier alpha value is -2.88. The van der Waals surface area contributed by atoms with E-state index >= 15 is 0 Å². The number of ether oxygens (including phenoxy) is 1. The minimum absolute atomic E-state index is 0.0275. The van der Waals surface area contributed by atoms with Gasteiger partial charge >= 0.3 is 0 Å². The number of rotatable bonds is 5. The first-order valence-corrected chi connectivity index (χ1v) is 7.62. The van der Waals surface area contributed by atoms with Crippen LogP contribution in [0.25, 0.3) is 10.9 Å². The van der Waals surface area contributed by atoms with Crippen LogP contribution in [0.2, 0.25) is 0 Å². The maximum absolute atomic E-state index is 12.2. The molecule has 0 atom stereocenters. The van der Waals surface area contributed by atoms with Crippen LogP contribution >= 0.6 is 0 Å². The molecule has 0 saturated heterocycles. The number of nitrogens with one attached hydrogen (secondary N) is 1. The first-order chi connectivity index (χ1) is 11.3. The van der Waals surface area contributed by atoms with Gasteiger partial charge in [0.25, 0.3) is 5.91 Å². The zero-order valence-corrected chi connectivity index (χ0v) is 13.0. The molecule has 0 unspecified atom stereocenters. The lowest BCUT2D eigenvalue weighted by Crippen LogP contribution is -2.20. The molecule has 3 aromatic rings. The summed E-state index contributed by atoms with van der Waals surface area (Å²) < 4.78 is 5.64. The minimum atomic E-state index is -0.200. The van der Waals surface area contributed by atoms with E-state index in [0.717, 1.165) is 28.6 Å². The van der Waals surface area contributed by atoms with E-state index in [1.54, 1.807) is 6.20 Å². The lowest BCUT2D eigenvalue weighted by molar-refractivity contribution is -0.118. The molecule has 0 saturated carbocycles. The van der Waals surface area contributed by atoms with Crippen LogP contribution in [0.15, 0.2) is 60.8 Å². The number of pyridine rings is 1. The summed E-state index contributed by atoms with van der Waals surface area (Å²) in [7, 11) is 0. The summed E-state index contributed by atoms with van der Waals surface area (Å²) in [6.45, 7) is 2.03. The number of hydrogen-bond donors (Lipinski definition) is 1. The summed E-state index contributed by atoms with van der Waals surface area (Å²) in [5.41, 5.74) is 2.56. The van der Waals surface area contributed by atoms with E-state index < -0.39 is 0 Å². The number of fused-ring (bicyclic) bond motifs is 1. The second-order valence-electron chi connectivity index (χ2n) is 5.18. The Morgan fingerprint density at radius 3 is 2.78 bits per heavy atom. The number of nitrogens with zero attached hydrogens (tertiary/aromatic N) is 1. The van der Waals surface area contributed by atoms with Crippen molar-refractivity contribution in [1.82, 2.24) is 4.98 Å². The van der Waals surface area contributed by atoms with Gasteiger partial charge in [-0.2, -0.15) is 0 Å². The Morgan fingerprint density at radius 1 is 1.09 bits per heavy atom. The predicted octanol–water partition coefficient (Wildman–Crippen LogP) is 3.81. The van der Waals surface area contributed by atoms with Crippen LogP contribution in [-0.2, 0) is 11.2 Å². The van der Waals surface area contributed by atoms with Crippen LogP contribution in [0, 0.1) is 0 Å². The maximum atomic E-state index is 12.2. The quantitative estimate of drug-likeness (QED) is 0.779. The minimum Gasteiger partial charge on any atom is -0.483 e. The highest BCUT2D eigenvalue weighted by Crippen LogP contribution is 2.21. The van der Waals surface area contributed by atoms with E-state index in [1.807, 2.05) is 54.6 Å². The molecule has 1 N–H and O–H groups in total. The Bertz CT molecular complexity index is 825. The van der Waals surface area contributed by atoms with Crippen molar-refractivity contribution in [3.63, 3.8) is 0 Å². The SMILES string of the molecule is CCc1ccccc1OCC(=O)Nc1cccc2cccnc12. The van der Waals surface area contributed by atoms with Gasteiger partial charge in [0.1, 0.15) is 5.75 Å². The third kappa shape index (κ3) is 3.48. The molecule has 0 aliphatic rings. The van der Waals surface area contributed by atoms with Crippen molar-refractivity contribution in [2.24, 2.45) is 0 Å². The molecule has 0 bridgehead atoms. The monoisotopic (exact) mass is 306 g/mol. The van der Waals surface area contributed by atoms with Crippen LogP contribution in [0.5, 0.6) is 5.75 Å². The van der Waals surface area contributed by atoms with Gasteiger partial charge in [0.2, 0.25) is 0 Å². The number of benzene rings is 2. The average molecular weight is 306 g/mol. The number of hydrogen-bond acceptors (Lipinski definition) is 3. The zero-order chi connectivity index (χ0) is 16.1. The fourth-order valence-electron chi connectivity index (χ4n) is 2.47. The molecular formula is C19H18N2O2. The molecule has 0 aliphatic heterocycles. The fraction of sp³-hybridized carbons (Fsp3) is 0.158. The molecule has 0 fully saturated rings. The maximum Gasteiger partial charge on any atom is 0.262 e. The summed E-state index contributed by atoms with van der Waals surface area (Å²) in [5, 5.41) is 3.85. The Balaban J connectivity index is 1.69. The molecule has 1 aromatic heterocycles. The summed E-state index contributed by atoms with van der Waals surface area (Å²) in [4.78, 5) is 16.5. The number of amides is 1. The highest BCUT2D eigenvalue weighted by Gasteiger charge is 2.08.